The average Bonchev–Trinajstić information content (AvgIpc) is 4.09. The van der Waals surface area contributed by atoms with Crippen LogP contribution in [0.25, 0.3) is 81.0 Å². The van der Waals surface area contributed by atoms with E-state index in [0.717, 1.165) is 22.7 Å². The fourth-order valence-corrected chi connectivity index (χ4v) is 13.0. The number of fused-ring (bicyclic) bond motifs is 10. The van der Waals surface area contributed by atoms with E-state index in [-0.39, 0.29) is 0 Å². The molecule has 1 aliphatic carbocycles. The van der Waals surface area contributed by atoms with E-state index in [1.807, 2.05) is 11.3 Å². The summed E-state index contributed by atoms with van der Waals surface area (Å²) in [5, 5.41) is 5.05. The quantitative estimate of drug-likeness (QED) is 0.147. The first-order valence-corrected chi connectivity index (χ1v) is 24.9. The third-order valence-corrected chi connectivity index (χ3v) is 15.9. The minimum Gasteiger partial charge on any atom is -0.309 e. The van der Waals surface area contributed by atoms with Gasteiger partial charge in [-0.2, -0.15) is 0 Å². The fourth-order valence-electron chi connectivity index (χ4n) is 11.6. The molecular weight excluding hydrogens is 865 g/mol. The lowest BCUT2D eigenvalue weighted by molar-refractivity contribution is 0.769. The highest BCUT2D eigenvalue weighted by Gasteiger charge is 2.47. The zero-order chi connectivity index (χ0) is 46.2. The van der Waals surface area contributed by atoms with Crippen molar-refractivity contribution in [3.8, 4) is 39.1 Å². The summed E-state index contributed by atoms with van der Waals surface area (Å²) in [4.78, 5) is 2.46. The molecule has 2 heterocycles. The van der Waals surface area contributed by atoms with Gasteiger partial charge in [0.2, 0.25) is 0 Å². The van der Waals surface area contributed by atoms with E-state index in [4.69, 9.17) is 0 Å². The first-order valence-electron chi connectivity index (χ1n) is 24.1. The van der Waals surface area contributed by atoms with Gasteiger partial charge in [-0.15, -0.1) is 11.3 Å². The second-order valence-electron chi connectivity index (χ2n) is 18.4. The van der Waals surface area contributed by atoms with Crippen LogP contribution < -0.4 is 4.90 Å². The Balaban J connectivity index is 0.942. The van der Waals surface area contributed by atoms with Gasteiger partial charge in [0.1, 0.15) is 0 Å². The summed E-state index contributed by atoms with van der Waals surface area (Å²) in [6, 6.07) is 98.3. The lowest BCUT2D eigenvalue weighted by Crippen LogP contribution is -2.28. The maximum Gasteiger partial charge on any atom is 0.0714 e. The molecule has 0 saturated heterocycles. The minimum absolute atomic E-state index is 0.459. The Kier molecular flexibility index (Phi) is 9.33. The molecule has 328 valence electrons. The normalized spacial score (nSPS) is 12.7. The van der Waals surface area contributed by atoms with Crippen molar-refractivity contribution in [2.45, 2.75) is 5.41 Å². The SMILES string of the molecule is c1ccc(-c2ccc(N(c3ccc(-c4ccc5c(c4)c4ccccc4n5-c4ccccc4)cc3)c3cccc4c3sc3c5c(ccc34)C(c3ccccc3)(c3ccccc3)c3ccccc3-5)cc2)cc1. The Morgan fingerprint density at radius 1 is 0.343 bits per heavy atom. The number of thiophene rings is 1. The van der Waals surface area contributed by atoms with Crippen LogP contribution >= 0.6 is 11.3 Å². The number of anilines is 3. The molecule has 0 unspecified atom stereocenters. The highest BCUT2D eigenvalue weighted by Crippen LogP contribution is 2.60. The van der Waals surface area contributed by atoms with E-state index in [1.54, 1.807) is 0 Å². The van der Waals surface area contributed by atoms with Crippen molar-refractivity contribution in [3.05, 3.63) is 289 Å². The second kappa shape index (κ2) is 16.2. The number of nitrogens with zero attached hydrogens (tertiary/aromatic N) is 2. The summed E-state index contributed by atoms with van der Waals surface area (Å²) in [5.74, 6) is 0. The van der Waals surface area contributed by atoms with E-state index in [2.05, 4.69) is 276 Å². The lowest BCUT2D eigenvalue weighted by Gasteiger charge is -2.33. The first kappa shape index (κ1) is 40.3. The molecule has 13 aromatic rings. The predicted molar refractivity (Wildman–Crippen MR) is 297 cm³/mol. The van der Waals surface area contributed by atoms with E-state index < -0.39 is 5.41 Å². The molecule has 0 radical (unpaired) electrons. The molecule has 14 rings (SSSR count). The monoisotopic (exact) mass is 908 g/mol. The molecule has 0 saturated carbocycles. The third kappa shape index (κ3) is 6.12. The minimum atomic E-state index is -0.459. The number of rotatable bonds is 8. The van der Waals surface area contributed by atoms with Crippen LogP contribution in [0.4, 0.5) is 17.1 Å². The van der Waals surface area contributed by atoms with E-state index in [9.17, 15) is 0 Å². The van der Waals surface area contributed by atoms with Crippen molar-refractivity contribution < 1.29 is 0 Å². The van der Waals surface area contributed by atoms with Crippen LogP contribution in [0.3, 0.4) is 0 Å². The molecule has 0 amide bonds. The maximum atomic E-state index is 2.46. The van der Waals surface area contributed by atoms with Gasteiger partial charge in [-0.1, -0.05) is 206 Å². The number of hydrogen-bond donors (Lipinski definition) is 0. The van der Waals surface area contributed by atoms with Gasteiger partial charge in [-0.05, 0) is 111 Å². The van der Waals surface area contributed by atoms with E-state index >= 15 is 0 Å². The standard InChI is InChI=1S/C67H44N2S/c1-5-18-45(19-6-1)46-32-37-52(38-33-46)68(53-39-34-47(35-40-53)48-36-43-62-58(44-48)54-26-14-16-30-61(54)69(62)51-24-11-4-12-25-51)63-31-17-28-55-56-41-42-60-64(66(56)70-65(55)63)57-27-13-15-29-59(57)67(60,49-20-7-2-8-21-49)50-22-9-3-10-23-50/h1-44H. The van der Waals surface area contributed by atoms with Crippen LogP contribution in [0.5, 0.6) is 0 Å². The van der Waals surface area contributed by atoms with Gasteiger partial charge in [0.25, 0.3) is 0 Å². The second-order valence-corrected chi connectivity index (χ2v) is 19.4. The predicted octanol–water partition coefficient (Wildman–Crippen LogP) is 18.3. The molecule has 3 heteroatoms. The van der Waals surface area contributed by atoms with Gasteiger partial charge < -0.3 is 9.47 Å². The van der Waals surface area contributed by atoms with Gasteiger partial charge in [0, 0.05) is 48.9 Å². The first-order chi connectivity index (χ1) is 34.7. The molecule has 0 aliphatic heterocycles. The van der Waals surface area contributed by atoms with Crippen LogP contribution in [0.15, 0.2) is 267 Å². The Morgan fingerprint density at radius 3 is 1.57 bits per heavy atom. The molecule has 70 heavy (non-hydrogen) atoms. The molecule has 11 aromatic carbocycles. The molecule has 0 spiro atoms. The van der Waals surface area contributed by atoms with Crippen molar-refractivity contribution in [1.29, 1.82) is 0 Å². The topological polar surface area (TPSA) is 8.17 Å². The lowest BCUT2D eigenvalue weighted by atomic mass is 9.68. The van der Waals surface area contributed by atoms with Crippen molar-refractivity contribution >= 4 is 70.4 Å². The smallest absolute Gasteiger partial charge is 0.0714 e. The molecule has 1 aliphatic rings. The van der Waals surface area contributed by atoms with Crippen molar-refractivity contribution in [3.63, 3.8) is 0 Å². The molecule has 2 aromatic heterocycles. The summed E-state index contributed by atoms with van der Waals surface area (Å²) in [7, 11) is 0. The Labute approximate surface area is 411 Å². The maximum absolute atomic E-state index is 2.46. The van der Waals surface area contributed by atoms with Crippen molar-refractivity contribution in [1.82, 2.24) is 4.57 Å². The number of benzene rings is 11. The van der Waals surface area contributed by atoms with Crippen molar-refractivity contribution in [2.24, 2.45) is 0 Å². The molecule has 0 atom stereocenters. The largest absolute Gasteiger partial charge is 0.309 e. The molecule has 0 fully saturated rings. The Hall–Kier alpha value is -8.76. The third-order valence-electron chi connectivity index (χ3n) is 14.7. The zero-order valence-electron chi connectivity index (χ0n) is 38.2. The summed E-state index contributed by atoms with van der Waals surface area (Å²) < 4.78 is 4.96. The van der Waals surface area contributed by atoms with Crippen LogP contribution in [0, 0.1) is 0 Å². The Bertz CT molecular complexity index is 4040. The number of hydrogen-bond acceptors (Lipinski definition) is 2. The van der Waals surface area contributed by atoms with Crippen LogP contribution in [-0.4, -0.2) is 4.57 Å². The number of para-hydroxylation sites is 2. The van der Waals surface area contributed by atoms with E-state index in [1.165, 1.54) is 97.6 Å². The summed E-state index contributed by atoms with van der Waals surface area (Å²) in [6.07, 6.45) is 0. The van der Waals surface area contributed by atoms with Gasteiger partial charge in [-0.3, -0.25) is 0 Å². The van der Waals surface area contributed by atoms with Gasteiger partial charge in [-0.25, -0.2) is 0 Å². The highest BCUT2D eigenvalue weighted by atomic mass is 32.1. The van der Waals surface area contributed by atoms with Crippen LogP contribution in [0.2, 0.25) is 0 Å². The molecule has 0 N–H and O–H groups in total. The summed E-state index contributed by atoms with van der Waals surface area (Å²) in [6.45, 7) is 0. The average molecular weight is 909 g/mol. The highest BCUT2D eigenvalue weighted by molar-refractivity contribution is 7.27. The van der Waals surface area contributed by atoms with Crippen molar-refractivity contribution in [2.75, 3.05) is 4.90 Å². The molecule has 0 bridgehead atoms. The van der Waals surface area contributed by atoms with Gasteiger partial charge >= 0.3 is 0 Å². The summed E-state index contributed by atoms with van der Waals surface area (Å²) in [5.41, 5.74) is 19.1. The fraction of sp³-hybridized carbons (Fsp3) is 0.0149. The van der Waals surface area contributed by atoms with E-state index in [0.29, 0.717) is 0 Å². The number of aromatic nitrogens is 1. The molecule has 2 nitrogen and oxygen atoms in total. The van der Waals surface area contributed by atoms with Crippen LogP contribution in [-0.2, 0) is 5.41 Å². The Morgan fingerprint density at radius 2 is 0.871 bits per heavy atom. The molecular formula is C67H44N2S. The van der Waals surface area contributed by atoms with Gasteiger partial charge in [0.05, 0.1) is 26.8 Å². The van der Waals surface area contributed by atoms with Crippen LogP contribution in [0.1, 0.15) is 22.3 Å². The summed E-state index contributed by atoms with van der Waals surface area (Å²) >= 11 is 1.92. The van der Waals surface area contributed by atoms with Gasteiger partial charge in [0.15, 0.2) is 0 Å². The zero-order valence-corrected chi connectivity index (χ0v) is 39.0.